The molecule has 9 heteroatoms. The van der Waals surface area contributed by atoms with Crippen LogP contribution >= 0.6 is 11.3 Å². The van der Waals surface area contributed by atoms with Gasteiger partial charge in [-0.3, -0.25) is 0 Å². The SMILES string of the molecule is O=C(O)c1c(F)ccc(S(=O)(=O)NCc2ccsc2)c1F. The Hall–Kier alpha value is -1.84. The topological polar surface area (TPSA) is 83.5 Å². The third-order valence-corrected chi connectivity index (χ3v) is 4.76. The molecule has 2 N–H and O–H groups in total. The molecule has 2 aromatic rings. The van der Waals surface area contributed by atoms with Crippen LogP contribution in [0, 0.1) is 11.6 Å². The van der Waals surface area contributed by atoms with Gasteiger partial charge in [-0.2, -0.15) is 11.3 Å². The summed E-state index contributed by atoms with van der Waals surface area (Å²) in [6.07, 6.45) is 0. The van der Waals surface area contributed by atoms with Gasteiger partial charge >= 0.3 is 5.97 Å². The second kappa shape index (κ2) is 5.88. The molecule has 0 fully saturated rings. The van der Waals surface area contributed by atoms with E-state index >= 15 is 0 Å². The molecule has 0 radical (unpaired) electrons. The van der Waals surface area contributed by atoms with Crippen molar-refractivity contribution in [2.24, 2.45) is 0 Å². The van der Waals surface area contributed by atoms with E-state index in [-0.39, 0.29) is 6.54 Å². The molecule has 0 aliphatic rings. The van der Waals surface area contributed by atoms with Crippen LogP contribution in [0.25, 0.3) is 0 Å². The minimum Gasteiger partial charge on any atom is -0.477 e. The van der Waals surface area contributed by atoms with Gasteiger partial charge < -0.3 is 5.11 Å². The van der Waals surface area contributed by atoms with Gasteiger partial charge in [0.1, 0.15) is 16.3 Å². The van der Waals surface area contributed by atoms with E-state index in [1.807, 2.05) is 0 Å². The third-order valence-electron chi connectivity index (χ3n) is 2.61. The van der Waals surface area contributed by atoms with Crippen LogP contribution in [0.15, 0.2) is 33.9 Å². The van der Waals surface area contributed by atoms with E-state index in [0.717, 1.165) is 0 Å². The van der Waals surface area contributed by atoms with E-state index < -0.39 is 38.1 Å². The van der Waals surface area contributed by atoms with Crippen LogP contribution in [0.4, 0.5) is 8.78 Å². The Kier molecular flexibility index (Phi) is 4.35. The first-order valence-electron chi connectivity index (χ1n) is 5.55. The smallest absolute Gasteiger partial charge is 0.341 e. The van der Waals surface area contributed by atoms with Gasteiger partial charge in [0.2, 0.25) is 10.0 Å². The van der Waals surface area contributed by atoms with Gasteiger partial charge in [-0.1, -0.05) is 0 Å². The van der Waals surface area contributed by atoms with Crippen LogP contribution < -0.4 is 4.72 Å². The number of hydrogen-bond acceptors (Lipinski definition) is 4. The van der Waals surface area contributed by atoms with Gasteiger partial charge in [-0.25, -0.2) is 26.7 Å². The monoisotopic (exact) mass is 333 g/mol. The Labute approximate surface area is 122 Å². The van der Waals surface area contributed by atoms with Crippen LogP contribution in [0.3, 0.4) is 0 Å². The number of carbonyl (C=O) groups is 1. The standard InChI is InChI=1S/C12H9F2NO4S2/c13-8-1-2-9(11(14)10(8)12(16)17)21(18,19)15-5-7-3-4-20-6-7/h1-4,6,15H,5H2,(H,16,17). The number of hydrogen-bond donors (Lipinski definition) is 2. The molecular weight excluding hydrogens is 324 g/mol. The number of benzene rings is 1. The zero-order valence-corrected chi connectivity index (χ0v) is 12.0. The zero-order valence-electron chi connectivity index (χ0n) is 10.3. The fourth-order valence-corrected chi connectivity index (χ4v) is 3.35. The Balaban J connectivity index is 2.36. The summed E-state index contributed by atoms with van der Waals surface area (Å²) < 4.78 is 53.2. The maximum atomic E-state index is 13.9. The highest BCUT2D eigenvalue weighted by atomic mass is 32.2. The number of nitrogens with one attached hydrogen (secondary N) is 1. The molecule has 0 unspecified atom stereocenters. The molecule has 21 heavy (non-hydrogen) atoms. The van der Waals surface area contributed by atoms with E-state index in [1.165, 1.54) is 11.3 Å². The molecular formula is C12H9F2NO4S2. The van der Waals surface area contributed by atoms with E-state index in [2.05, 4.69) is 4.72 Å². The normalized spacial score (nSPS) is 11.5. The first-order valence-corrected chi connectivity index (χ1v) is 7.97. The predicted molar refractivity (Wildman–Crippen MR) is 71.7 cm³/mol. The highest BCUT2D eigenvalue weighted by molar-refractivity contribution is 7.89. The lowest BCUT2D eigenvalue weighted by molar-refractivity contribution is 0.0685. The molecule has 0 spiro atoms. The average Bonchev–Trinajstić information content (AvgIpc) is 2.88. The molecule has 0 aliphatic carbocycles. The molecule has 1 aromatic carbocycles. The van der Waals surface area contributed by atoms with Crippen LogP contribution in [-0.2, 0) is 16.6 Å². The number of carboxylic acid groups (broad SMARTS) is 1. The van der Waals surface area contributed by atoms with Crippen molar-refractivity contribution in [2.75, 3.05) is 0 Å². The maximum absolute atomic E-state index is 13.9. The summed E-state index contributed by atoms with van der Waals surface area (Å²) in [6.45, 7) is -0.0783. The molecule has 2 rings (SSSR count). The Morgan fingerprint density at radius 3 is 2.57 bits per heavy atom. The summed E-state index contributed by atoms with van der Waals surface area (Å²) in [7, 11) is -4.29. The lowest BCUT2D eigenvalue weighted by Crippen LogP contribution is -2.25. The first kappa shape index (κ1) is 15.5. The van der Waals surface area contributed by atoms with Gasteiger partial charge in [0.15, 0.2) is 5.82 Å². The van der Waals surface area contributed by atoms with Gasteiger partial charge in [-0.15, -0.1) is 0 Å². The Bertz CT molecular complexity index is 773. The highest BCUT2D eigenvalue weighted by Gasteiger charge is 2.26. The molecule has 0 aliphatic heterocycles. The molecule has 1 heterocycles. The summed E-state index contributed by atoms with van der Waals surface area (Å²) in [6, 6.07) is 2.97. The number of sulfonamides is 1. The second-order valence-electron chi connectivity index (χ2n) is 4.00. The molecule has 0 atom stereocenters. The van der Waals surface area contributed by atoms with Crippen LogP contribution in [-0.4, -0.2) is 19.5 Å². The van der Waals surface area contributed by atoms with Gasteiger partial charge in [0, 0.05) is 6.54 Å². The average molecular weight is 333 g/mol. The zero-order chi connectivity index (χ0) is 15.6. The minimum absolute atomic E-state index is 0.0783. The number of thiophene rings is 1. The summed E-state index contributed by atoms with van der Waals surface area (Å²) >= 11 is 1.36. The minimum atomic E-state index is -4.29. The number of carboxylic acids is 1. The van der Waals surface area contributed by atoms with Crippen LogP contribution in [0.1, 0.15) is 15.9 Å². The van der Waals surface area contributed by atoms with E-state index in [4.69, 9.17) is 5.11 Å². The van der Waals surface area contributed by atoms with Gasteiger partial charge in [-0.05, 0) is 34.5 Å². The van der Waals surface area contributed by atoms with Crippen molar-refractivity contribution < 1.29 is 27.1 Å². The lowest BCUT2D eigenvalue weighted by atomic mass is 10.2. The highest BCUT2D eigenvalue weighted by Crippen LogP contribution is 2.21. The van der Waals surface area contributed by atoms with Crippen LogP contribution in [0.5, 0.6) is 0 Å². The van der Waals surface area contributed by atoms with Crippen LogP contribution in [0.2, 0.25) is 0 Å². The molecule has 0 saturated carbocycles. The summed E-state index contributed by atoms with van der Waals surface area (Å²) in [4.78, 5) is 9.87. The first-order chi connectivity index (χ1) is 9.83. The molecule has 112 valence electrons. The number of halogens is 2. The van der Waals surface area contributed by atoms with E-state index in [0.29, 0.717) is 17.7 Å². The summed E-state index contributed by atoms with van der Waals surface area (Å²) in [5.74, 6) is -4.84. The number of rotatable bonds is 5. The Morgan fingerprint density at radius 2 is 2.00 bits per heavy atom. The molecule has 0 bridgehead atoms. The lowest BCUT2D eigenvalue weighted by Gasteiger charge is -2.09. The second-order valence-corrected chi connectivity index (χ2v) is 6.51. The summed E-state index contributed by atoms with van der Waals surface area (Å²) in [5.41, 5.74) is -0.627. The molecule has 0 saturated heterocycles. The third kappa shape index (κ3) is 3.26. The van der Waals surface area contributed by atoms with Gasteiger partial charge in [0.25, 0.3) is 0 Å². The fourth-order valence-electron chi connectivity index (χ4n) is 1.59. The number of aromatic carboxylic acids is 1. The molecule has 5 nitrogen and oxygen atoms in total. The van der Waals surface area contributed by atoms with E-state index in [1.54, 1.807) is 16.8 Å². The Morgan fingerprint density at radius 1 is 1.29 bits per heavy atom. The molecule has 1 aromatic heterocycles. The largest absolute Gasteiger partial charge is 0.477 e. The fraction of sp³-hybridized carbons (Fsp3) is 0.0833. The maximum Gasteiger partial charge on any atom is 0.341 e. The quantitative estimate of drug-likeness (QED) is 0.879. The van der Waals surface area contributed by atoms with Gasteiger partial charge in [0.05, 0.1) is 0 Å². The van der Waals surface area contributed by atoms with Crippen molar-refractivity contribution in [1.82, 2.24) is 4.72 Å². The van der Waals surface area contributed by atoms with Crippen molar-refractivity contribution in [2.45, 2.75) is 11.4 Å². The van der Waals surface area contributed by atoms with Crippen molar-refractivity contribution in [3.05, 3.63) is 51.7 Å². The van der Waals surface area contributed by atoms with E-state index in [9.17, 15) is 22.0 Å². The van der Waals surface area contributed by atoms with Crippen molar-refractivity contribution in [1.29, 1.82) is 0 Å². The van der Waals surface area contributed by atoms with Crippen molar-refractivity contribution >= 4 is 27.3 Å². The predicted octanol–water partition coefficient (Wildman–Crippen LogP) is 2.20. The molecule has 0 amide bonds. The van der Waals surface area contributed by atoms with Crippen molar-refractivity contribution in [3.8, 4) is 0 Å². The van der Waals surface area contributed by atoms with Crippen molar-refractivity contribution in [3.63, 3.8) is 0 Å². The summed E-state index contributed by atoms with van der Waals surface area (Å²) in [5, 5.41) is 12.2.